The topological polar surface area (TPSA) is 124 Å². The SMILES string of the molecule is COC(=O)c1ccc(=O)n(CC(=O)Nc2ccc(C)c(S(=O)(=O)N3CCOCC3)c2)c1. The largest absolute Gasteiger partial charge is 0.465 e. The van der Waals surface area contributed by atoms with Gasteiger partial charge in [0, 0.05) is 31.0 Å². The van der Waals surface area contributed by atoms with Crippen LogP contribution in [0.2, 0.25) is 0 Å². The Balaban J connectivity index is 1.79. The zero-order valence-electron chi connectivity index (χ0n) is 17.2. The molecular weight excluding hydrogens is 426 g/mol. The number of aryl methyl sites for hydroxylation is 1. The molecule has 1 N–H and O–H groups in total. The van der Waals surface area contributed by atoms with Gasteiger partial charge in [-0.1, -0.05) is 6.07 Å². The van der Waals surface area contributed by atoms with Crippen LogP contribution in [0.5, 0.6) is 0 Å². The zero-order valence-corrected chi connectivity index (χ0v) is 18.0. The standard InChI is InChI=1S/C20H23N3O7S/c1-14-3-5-16(11-17(14)31(27,28)23-7-9-30-10-8-23)21-18(24)13-22-12-15(20(26)29-2)4-6-19(22)25/h3-6,11-12H,7-10,13H2,1-2H3,(H,21,24). The van der Waals surface area contributed by atoms with Crippen LogP contribution in [0.3, 0.4) is 0 Å². The van der Waals surface area contributed by atoms with E-state index in [4.69, 9.17) is 4.74 Å². The number of carbonyl (C=O) groups is 2. The van der Waals surface area contributed by atoms with Crippen LogP contribution in [0.4, 0.5) is 5.69 Å². The van der Waals surface area contributed by atoms with Crippen LogP contribution in [-0.2, 0) is 30.8 Å². The number of nitrogens with zero attached hydrogens (tertiary/aromatic N) is 2. The summed E-state index contributed by atoms with van der Waals surface area (Å²) < 4.78 is 38.2. The quantitative estimate of drug-likeness (QED) is 0.641. The first-order valence-electron chi connectivity index (χ1n) is 9.49. The molecule has 2 heterocycles. The van der Waals surface area contributed by atoms with Gasteiger partial charge >= 0.3 is 5.97 Å². The Morgan fingerprint density at radius 1 is 1.16 bits per heavy atom. The van der Waals surface area contributed by atoms with Crippen LogP contribution in [0.15, 0.2) is 46.2 Å². The van der Waals surface area contributed by atoms with E-state index < -0.39 is 27.5 Å². The Labute approximate surface area is 179 Å². The zero-order chi connectivity index (χ0) is 22.6. The fourth-order valence-electron chi connectivity index (χ4n) is 3.13. The van der Waals surface area contributed by atoms with E-state index in [2.05, 4.69) is 10.1 Å². The molecule has 31 heavy (non-hydrogen) atoms. The minimum atomic E-state index is -3.74. The predicted octanol–water partition coefficient (Wildman–Crippen LogP) is 0.603. The van der Waals surface area contributed by atoms with Crippen molar-refractivity contribution in [3.05, 3.63) is 58.0 Å². The fraction of sp³-hybridized carbons (Fsp3) is 0.350. The van der Waals surface area contributed by atoms with E-state index in [9.17, 15) is 22.8 Å². The maximum Gasteiger partial charge on any atom is 0.339 e. The summed E-state index contributed by atoms with van der Waals surface area (Å²) in [5, 5.41) is 2.60. The van der Waals surface area contributed by atoms with Gasteiger partial charge in [-0.2, -0.15) is 4.31 Å². The molecule has 1 aromatic heterocycles. The van der Waals surface area contributed by atoms with Gasteiger partial charge in [0.1, 0.15) is 6.54 Å². The summed E-state index contributed by atoms with van der Waals surface area (Å²) in [7, 11) is -2.53. The highest BCUT2D eigenvalue weighted by Gasteiger charge is 2.28. The third-order valence-corrected chi connectivity index (χ3v) is 6.82. The molecule has 1 aromatic carbocycles. The third kappa shape index (κ3) is 5.19. The van der Waals surface area contributed by atoms with Crippen molar-refractivity contribution in [2.45, 2.75) is 18.4 Å². The second-order valence-electron chi connectivity index (χ2n) is 6.92. The van der Waals surface area contributed by atoms with Gasteiger partial charge in [-0.25, -0.2) is 13.2 Å². The number of amides is 1. The van der Waals surface area contributed by atoms with E-state index >= 15 is 0 Å². The van der Waals surface area contributed by atoms with Crippen LogP contribution in [-0.4, -0.2) is 62.6 Å². The summed E-state index contributed by atoms with van der Waals surface area (Å²) in [6.45, 7) is 2.50. The molecule has 1 fully saturated rings. The molecule has 3 rings (SSSR count). The maximum atomic E-state index is 13.0. The van der Waals surface area contributed by atoms with Crippen molar-refractivity contribution in [2.24, 2.45) is 0 Å². The minimum Gasteiger partial charge on any atom is -0.465 e. The van der Waals surface area contributed by atoms with Crippen LogP contribution in [0.1, 0.15) is 15.9 Å². The number of rotatable bonds is 6. The average Bonchev–Trinajstić information content (AvgIpc) is 2.76. The van der Waals surface area contributed by atoms with Crippen molar-refractivity contribution in [3.8, 4) is 0 Å². The van der Waals surface area contributed by atoms with Crippen molar-refractivity contribution in [3.63, 3.8) is 0 Å². The first-order valence-corrected chi connectivity index (χ1v) is 10.9. The van der Waals surface area contributed by atoms with Crippen molar-refractivity contribution in [1.82, 2.24) is 8.87 Å². The van der Waals surface area contributed by atoms with Gasteiger partial charge < -0.3 is 19.4 Å². The van der Waals surface area contributed by atoms with Gasteiger partial charge in [0.15, 0.2) is 0 Å². The number of ether oxygens (including phenoxy) is 2. The number of sulfonamides is 1. The number of esters is 1. The molecule has 0 radical (unpaired) electrons. The molecule has 0 atom stereocenters. The Hall–Kier alpha value is -3.02. The number of aromatic nitrogens is 1. The number of morpholine rings is 1. The Morgan fingerprint density at radius 2 is 1.87 bits per heavy atom. The van der Waals surface area contributed by atoms with Crippen molar-refractivity contribution < 1.29 is 27.5 Å². The number of benzene rings is 1. The van der Waals surface area contributed by atoms with Crippen molar-refractivity contribution >= 4 is 27.6 Å². The highest BCUT2D eigenvalue weighted by molar-refractivity contribution is 7.89. The molecule has 1 amide bonds. The summed E-state index contributed by atoms with van der Waals surface area (Å²) in [4.78, 5) is 36.2. The monoisotopic (exact) mass is 449 g/mol. The third-order valence-electron chi connectivity index (χ3n) is 4.78. The number of hydrogen-bond acceptors (Lipinski definition) is 7. The van der Waals surface area contributed by atoms with E-state index in [-0.39, 0.29) is 35.8 Å². The number of pyridine rings is 1. The lowest BCUT2D eigenvalue weighted by Crippen LogP contribution is -2.40. The van der Waals surface area contributed by atoms with Gasteiger partial charge in [-0.05, 0) is 30.7 Å². The van der Waals surface area contributed by atoms with Gasteiger partial charge in [0.2, 0.25) is 15.9 Å². The molecule has 10 nitrogen and oxygen atoms in total. The van der Waals surface area contributed by atoms with Crippen LogP contribution in [0, 0.1) is 6.92 Å². The van der Waals surface area contributed by atoms with Crippen LogP contribution in [0.25, 0.3) is 0 Å². The van der Waals surface area contributed by atoms with Gasteiger partial charge in [-0.15, -0.1) is 0 Å². The molecule has 0 bridgehead atoms. The minimum absolute atomic E-state index is 0.0945. The molecular formula is C20H23N3O7S. The molecule has 11 heteroatoms. The first kappa shape index (κ1) is 22.7. The highest BCUT2D eigenvalue weighted by Crippen LogP contribution is 2.24. The summed E-state index contributed by atoms with van der Waals surface area (Å²) in [5.41, 5.74) is 0.484. The summed E-state index contributed by atoms with van der Waals surface area (Å²) in [6, 6.07) is 7.06. The predicted molar refractivity (Wildman–Crippen MR) is 111 cm³/mol. The second kappa shape index (κ2) is 9.41. The van der Waals surface area contributed by atoms with Gasteiger partial charge in [0.25, 0.3) is 5.56 Å². The second-order valence-corrected chi connectivity index (χ2v) is 8.83. The maximum absolute atomic E-state index is 13.0. The molecule has 166 valence electrons. The van der Waals surface area contributed by atoms with E-state index in [1.807, 2.05) is 0 Å². The lowest BCUT2D eigenvalue weighted by atomic mass is 10.2. The Morgan fingerprint density at radius 3 is 2.55 bits per heavy atom. The number of anilines is 1. The average molecular weight is 449 g/mol. The summed E-state index contributed by atoms with van der Waals surface area (Å²) >= 11 is 0. The molecule has 1 aliphatic rings. The Bertz CT molecular complexity index is 1150. The van der Waals surface area contributed by atoms with Crippen molar-refractivity contribution in [2.75, 3.05) is 38.7 Å². The number of nitrogens with one attached hydrogen (secondary N) is 1. The highest BCUT2D eigenvalue weighted by atomic mass is 32.2. The van der Waals surface area contributed by atoms with E-state index in [1.54, 1.807) is 19.1 Å². The van der Waals surface area contributed by atoms with Gasteiger partial charge in [-0.3, -0.25) is 9.59 Å². The van der Waals surface area contributed by atoms with E-state index in [0.717, 1.165) is 4.57 Å². The van der Waals surface area contributed by atoms with E-state index in [1.165, 1.54) is 35.8 Å². The van der Waals surface area contributed by atoms with Crippen molar-refractivity contribution in [1.29, 1.82) is 0 Å². The summed E-state index contributed by atoms with van der Waals surface area (Å²) in [6.07, 6.45) is 1.23. The molecule has 0 saturated carbocycles. The molecule has 0 spiro atoms. The number of methoxy groups -OCH3 is 1. The smallest absolute Gasteiger partial charge is 0.339 e. The van der Waals surface area contributed by atoms with Crippen LogP contribution < -0.4 is 10.9 Å². The lowest BCUT2D eigenvalue weighted by Gasteiger charge is -2.26. The summed E-state index contributed by atoms with van der Waals surface area (Å²) in [5.74, 6) is -1.19. The van der Waals surface area contributed by atoms with Crippen LogP contribution >= 0.6 is 0 Å². The molecule has 0 unspecified atom stereocenters. The number of hydrogen-bond donors (Lipinski definition) is 1. The lowest BCUT2D eigenvalue weighted by molar-refractivity contribution is -0.116. The molecule has 1 aliphatic heterocycles. The Kier molecular flexibility index (Phi) is 6.88. The number of carbonyl (C=O) groups excluding carboxylic acids is 2. The molecule has 1 saturated heterocycles. The van der Waals surface area contributed by atoms with E-state index in [0.29, 0.717) is 18.8 Å². The molecule has 2 aromatic rings. The molecule has 0 aliphatic carbocycles. The fourth-order valence-corrected chi connectivity index (χ4v) is 4.79. The van der Waals surface area contributed by atoms with Gasteiger partial charge in [0.05, 0.1) is 30.8 Å². The normalized spacial score (nSPS) is 14.8. The first-order chi connectivity index (χ1) is 14.7.